The molecule has 138 valence electrons. The lowest BCUT2D eigenvalue weighted by molar-refractivity contribution is 0.414. The van der Waals surface area contributed by atoms with E-state index in [9.17, 15) is 0 Å². The highest BCUT2D eigenvalue weighted by molar-refractivity contribution is 14.0. The van der Waals surface area contributed by atoms with Gasteiger partial charge in [-0.15, -0.1) is 24.0 Å². The molecule has 0 radical (unpaired) electrons. The van der Waals surface area contributed by atoms with E-state index in [2.05, 4.69) is 25.7 Å². The van der Waals surface area contributed by atoms with Gasteiger partial charge >= 0.3 is 0 Å². The Bertz CT molecular complexity index is 691. The maximum Gasteiger partial charge on any atom is 0.191 e. The molecule has 9 heteroatoms. The number of nitrogens with one attached hydrogen (secondary N) is 2. The highest BCUT2D eigenvalue weighted by Crippen LogP contribution is 2.22. The van der Waals surface area contributed by atoms with Crippen LogP contribution in [-0.2, 0) is 20.0 Å². The molecule has 2 rings (SSSR count). The van der Waals surface area contributed by atoms with E-state index < -0.39 is 0 Å². The van der Waals surface area contributed by atoms with Crippen molar-refractivity contribution in [1.29, 1.82) is 0 Å². The molecule has 0 saturated carbocycles. The largest absolute Gasteiger partial charge is 0.497 e. The van der Waals surface area contributed by atoms with Gasteiger partial charge in [0.15, 0.2) is 5.96 Å². The van der Waals surface area contributed by atoms with E-state index in [0.29, 0.717) is 11.6 Å². The number of aliphatic imine (C=N–C) groups is 1. The van der Waals surface area contributed by atoms with E-state index in [-0.39, 0.29) is 24.0 Å². The van der Waals surface area contributed by atoms with Crippen molar-refractivity contribution in [2.24, 2.45) is 12.0 Å². The van der Waals surface area contributed by atoms with Gasteiger partial charge < -0.3 is 15.4 Å². The van der Waals surface area contributed by atoms with Gasteiger partial charge in [0.1, 0.15) is 24.4 Å². The average Bonchev–Trinajstić information content (AvgIpc) is 2.99. The van der Waals surface area contributed by atoms with Gasteiger partial charge in [-0.2, -0.15) is 5.10 Å². The van der Waals surface area contributed by atoms with Crippen LogP contribution >= 0.6 is 35.6 Å². The highest BCUT2D eigenvalue weighted by atomic mass is 127. The summed E-state index contributed by atoms with van der Waals surface area (Å²) in [6, 6.07) is 5.71. The third-order valence-electron chi connectivity index (χ3n) is 3.47. The number of hydrogen-bond donors (Lipinski definition) is 2. The number of aromatic nitrogens is 3. The zero-order chi connectivity index (χ0) is 17.4. The van der Waals surface area contributed by atoms with Crippen LogP contribution in [0.1, 0.15) is 18.3 Å². The maximum absolute atomic E-state index is 6.26. The smallest absolute Gasteiger partial charge is 0.191 e. The van der Waals surface area contributed by atoms with Gasteiger partial charge in [-0.25, -0.2) is 9.98 Å². The van der Waals surface area contributed by atoms with Crippen LogP contribution in [0.5, 0.6) is 5.75 Å². The SMILES string of the molecule is CCNC(=NCc1ncnn1C)NCCc1ccc(OC)cc1Cl.I. The third-order valence-corrected chi connectivity index (χ3v) is 3.83. The van der Waals surface area contributed by atoms with Crippen molar-refractivity contribution in [3.05, 3.63) is 40.9 Å². The van der Waals surface area contributed by atoms with Crippen molar-refractivity contribution in [1.82, 2.24) is 25.4 Å². The molecule has 2 N–H and O–H groups in total. The fourth-order valence-corrected chi connectivity index (χ4v) is 2.39. The third kappa shape index (κ3) is 6.69. The van der Waals surface area contributed by atoms with E-state index in [4.69, 9.17) is 16.3 Å². The minimum absolute atomic E-state index is 0. The standard InChI is InChI=1S/C16H23ClN6O.HI/c1-4-18-16(20-10-15-21-11-22-23(15)2)19-8-7-12-5-6-13(24-3)9-14(12)17;/h5-6,9,11H,4,7-8,10H2,1-3H3,(H2,18,19,20);1H. The predicted octanol–water partition coefficient (Wildman–Crippen LogP) is 2.39. The minimum atomic E-state index is 0. The summed E-state index contributed by atoms with van der Waals surface area (Å²) in [5, 5.41) is 11.3. The molecule has 25 heavy (non-hydrogen) atoms. The Labute approximate surface area is 170 Å². The topological polar surface area (TPSA) is 76.4 Å². The molecule has 0 aliphatic heterocycles. The van der Waals surface area contributed by atoms with Gasteiger partial charge in [-0.1, -0.05) is 17.7 Å². The normalized spacial score (nSPS) is 11.0. The maximum atomic E-state index is 6.26. The van der Waals surface area contributed by atoms with Crippen molar-refractivity contribution < 1.29 is 4.74 Å². The molecule has 0 unspecified atom stereocenters. The molecule has 7 nitrogen and oxygen atoms in total. The lowest BCUT2D eigenvalue weighted by Crippen LogP contribution is -2.38. The van der Waals surface area contributed by atoms with Gasteiger partial charge in [0.2, 0.25) is 0 Å². The van der Waals surface area contributed by atoms with Crippen LogP contribution < -0.4 is 15.4 Å². The summed E-state index contributed by atoms with van der Waals surface area (Å²) in [6.45, 7) is 4.00. The summed E-state index contributed by atoms with van der Waals surface area (Å²) in [7, 11) is 3.48. The van der Waals surface area contributed by atoms with Crippen LogP contribution in [0.2, 0.25) is 5.02 Å². The van der Waals surface area contributed by atoms with Crippen molar-refractivity contribution in [2.45, 2.75) is 19.9 Å². The monoisotopic (exact) mass is 478 g/mol. The van der Waals surface area contributed by atoms with Crippen LogP contribution in [0.25, 0.3) is 0 Å². The van der Waals surface area contributed by atoms with E-state index in [1.165, 1.54) is 6.33 Å². The number of rotatable bonds is 7. The Morgan fingerprint density at radius 1 is 1.36 bits per heavy atom. The van der Waals surface area contributed by atoms with E-state index in [0.717, 1.165) is 42.6 Å². The van der Waals surface area contributed by atoms with E-state index >= 15 is 0 Å². The second-order valence-corrected chi connectivity index (χ2v) is 5.54. The highest BCUT2D eigenvalue weighted by Gasteiger charge is 2.04. The second kappa shape index (κ2) is 11.1. The molecular weight excluding hydrogens is 455 g/mol. The minimum Gasteiger partial charge on any atom is -0.497 e. The molecule has 0 saturated heterocycles. The fraction of sp³-hybridized carbons (Fsp3) is 0.438. The molecule has 0 aliphatic rings. The van der Waals surface area contributed by atoms with Gasteiger partial charge in [0.05, 0.1) is 7.11 Å². The van der Waals surface area contributed by atoms with Crippen molar-refractivity contribution >= 4 is 41.5 Å². The molecule has 2 aromatic rings. The first-order valence-electron chi connectivity index (χ1n) is 7.81. The van der Waals surface area contributed by atoms with Gasteiger partial charge in [-0.3, -0.25) is 4.68 Å². The van der Waals surface area contributed by atoms with Crippen molar-refractivity contribution in [3.8, 4) is 5.75 Å². The number of guanidine groups is 1. The zero-order valence-corrected chi connectivity index (χ0v) is 17.7. The van der Waals surface area contributed by atoms with Gasteiger partial charge in [0.25, 0.3) is 0 Å². The first-order chi connectivity index (χ1) is 11.6. The van der Waals surface area contributed by atoms with Crippen molar-refractivity contribution in [2.75, 3.05) is 20.2 Å². The Morgan fingerprint density at radius 2 is 2.16 bits per heavy atom. The van der Waals surface area contributed by atoms with Crippen LogP contribution in [0.4, 0.5) is 0 Å². The summed E-state index contributed by atoms with van der Waals surface area (Å²) in [5.41, 5.74) is 1.06. The number of halogens is 2. The summed E-state index contributed by atoms with van der Waals surface area (Å²) in [6.07, 6.45) is 2.31. The van der Waals surface area contributed by atoms with Gasteiger partial charge in [-0.05, 0) is 31.0 Å². The Kier molecular flexibility index (Phi) is 9.58. The molecule has 0 fully saturated rings. The van der Waals surface area contributed by atoms with E-state index in [1.54, 1.807) is 11.8 Å². The van der Waals surface area contributed by atoms with E-state index in [1.807, 2.05) is 32.2 Å². The zero-order valence-electron chi connectivity index (χ0n) is 14.6. The number of aryl methyl sites for hydroxylation is 1. The molecule has 0 amide bonds. The number of hydrogen-bond acceptors (Lipinski definition) is 4. The molecule has 0 aliphatic carbocycles. The molecule has 0 spiro atoms. The predicted molar refractivity (Wildman–Crippen MR) is 111 cm³/mol. The Balaban J connectivity index is 0.00000312. The Hall–Kier alpha value is -1.55. The van der Waals surface area contributed by atoms with Crippen LogP contribution in [0.15, 0.2) is 29.5 Å². The van der Waals surface area contributed by atoms with Crippen molar-refractivity contribution in [3.63, 3.8) is 0 Å². The number of benzene rings is 1. The summed E-state index contributed by atoms with van der Waals surface area (Å²) in [4.78, 5) is 8.68. The number of ether oxygens (including phenoxy) is 1. The molecule has 0 bridgehead atoms. The second-order valence-electron chi connectivity index (χ2n) is 5.13. The average molecular weight is 479 g/mol. The van der Waals surface area contributed by atoms with Gasteiger partial charge in [0, 0.05) is 25.2 Å². The van der Waals surface area contributed by atoms with Crippen LogP contribution in [0.3, 0.4) is 0 Å². The molecular formula is C16H24ClIN6O. The van der Waals surface area contributed by atoms with Crippen LogP contribution in [-0.4, -0.2) is 40.9 Å². The number of methoxy groups -OCH3 is 1. The molecule has 1 aromatic carbocycles. The lowest BCUT2D eigenvalue weighted by Gasteiger charge is -2.12. The first-order valence-corrected chi connectivity index (χ1v) is 8.19. The number of nitrogens with zero attached hydrogens (tertiary/aromatic N) is 4. The summed E-state index contributed by atoms with van der Waals surface area (Å²) >= 11 is 6.26. The molecule has 0 atom stereocenters. The Morgan fingerprint density at radius 3 is 2.76 bits per heavy atom. The quantitative estimate of drug-likeness (QED) is 0.363. The van der Waals surface area contributed by atoms with Crippen LogP contribution in [0, 0.1) is 0 Å². The lowest BCUT2D eigenvalue weighted by atomic mass is 10.1. The molecule has 1 heterocycles. The summed E-state index contributed by atoms with van der Waals surface area (Å²) in [5.74, 6) is 2.31. The fourth-order valence-electron chi connectivity index (χ4n) is 2.13. The summed E-state index contributed by atoms with van der Waals surface area (Å²) < 4.78 is 6.87. The molecule has 1 aromatic heterocycles. The first kappa shape index (κ1) is 21.5.